The van der Waals surface area contributed by atoms with Gasteiger partial charge in [0.1, 0.15) is 0 Å². The van der Waals surface area contributed by atoms with Crippen LogP contribution in [-0.4, -0.2) is 22.9 Å². The van der Waals surface area contributed by atoms with Gasteiger partial charge in [-0.3, -0.25) is 0 Å². The van der Waals surface area contributed by atoms with Crippen molar-refractivity contribution in [1.29, 1.82) is 0 Å². The standard InChI is InChI=1S/C13H16N2O2S/c1-8(2)11-10(3-5-16-11)13-14-12(15-17-13)9-4-6-18-7-9/h4,6-8,10-11H,3,5H2,1-2H3/t10-,11-/m0/s1. The minimum absolute atomic E-state index is 0.195. The number of aromatic nitrogens is 2. The van der Waals surface area contributed by atoms with E-state index in [-0.39, 0.29) is 12.0 Å². The largest absolute Gasteiger partial charge is 0.377 e. The van der Waals surface area contributed by atoms with E-state index in [0.717, 1.165) is 18.6 Å². The van der Waals surface area contributed by atoms with Crippen molar-refractivity contribution in [2.45, 2.75) is 32.3 Å². The number of hydrogen-bond acceptors (Lipinski definition) is 5. The van der Waals surface area contributed by atoms with Gasteiger partial charge >= 0.3 is 0 Å². The SMILES string of the molecule is CC(C)[C@@H]1OCC[C@@H]1c1nc(-c2ccsc2)no1. The van der Waals surface area contributed by atoms with Gasteiger partial charge in [0.15, 0.2) is 0 Å². The lowest BCUT2D eigenvalue weighted by Gasteiger charge is -2.18. The summed E-state index contributed by atoms with van der Waals surface area (Å²) in [5.41, 5.74) is 1.02. The highest BCUT2D eigenvalue weighted by Crippen LogP contribution is 2.35. The summed E-state index contributed by atoms with van der Waals surface area (Å²) in [6.07, 6.45) is 1.16. The summed E-state index contributed by atoms with van der Waals surface area (Å²) in [6, 6.07) is 2.00. The van der Waals surface area contributed by atoms with Gasteiger partial charge in [-0.1, -0.05) is 19.0 Å². The van der Waals surface area contributed by atoms with Crippen molar-refractivity contribution in [2.75, 3.05) is 6.61 Å². The predicted molar refractivity (Wildman–Crippen MR) is 69.5 cm³/mol. The average molecular weight is 264 g/mol. The molecule has 0 bridgehead atoms. The summed E-state index contributed by atoms with van der Waals surface area (Å²) < 4.78 is 11.2. The van der Waals surface area contributed by atoms with Crippen LogP contribution in [0, 0.1) is 5.92 Å². The van der Waals surface area contributed by atoms with Crippen molar-refractivity contribution in [1.82, 2.24) is 10.1 Å². The van der Waals surface area contributed by atoms with Crippen LogP contribution in [0.3, 0.4) is 0 Å². The molecule has 0 aliphatic carbocycles. The monoisotopic (exact) mass is 264 g/mol. The second kappa shape index (κ2) is 4.82. The molecule has 0 amide bonds. The Kier molecular flexibility index (Phi) is 3.18. The molecule has 2 aromatic heterocycles. The first-order valence-electron chi connectivity index (χ1n) is 6.23. The second-order valence-electron chi connectivity index (χ2n) is 4.94. The van der Waals surface area contributed by atoms with Crippen LogP contribution in [0.5, 0.6) is 0 Å². The summed E-state index contributed by atoms with van der Waals surface area (Å²) in [5, 5.41) is 8.10. The van der Waals surface area contributed by atoms with E-state index in [1.54, 1.807) is 11.3 Å². The van der Waals surface area contributed by atoms with Crippen molar-refractivity contribution in [3.05, 3.63) is 22.7 Å². The van der Waals surface area contributed by atoms with Gasteiger partial charge in [-0.15, -0.1) is 0 Å². The zero-order chi connectivity index (χ0) is 12.5. The first kappa shape index (κ1) is 11.9. The zero-order valence-electron chi connectivity index (χ0n) is 10.5. The van der Waals surface area contributed by atoms with Gasteiger partial charge in [0.2, 0.25) is 11.7 Å². The fourth-order valence-corrected chi connectivity index (χ4v) is 3.06. The summed E-state index contributed by atoms with van der Waals surface area (Å²) >= 11 is 1.64. The van der Waals surface area contributed by atoms with E-state index in [1.165, 1.54) is 0 Å². The first-order valence-corrected chi connectivity index (χ1v) is 7.18. The Labute approximate surface area is 110 Å². The van der Waals surface area contributed by atoms with Crippen molar-refractivity contribution < 1.29 is 9.26 Å². The molecule has 0 saturated carbocycles. The summed E-state index contributed by atoms with van der Waals surface area (Å²) in [5.74, 6) is 2.10. The Bertz CT molecular complexity index is 507. The van der Waals surface area contributed by atoms with E-state index in [2.05, 4.69) is 24.0 Å². The molecule has 0 radical (unpaired) electrons. The molecule has 1 fully saturated rings. The molecule has 18 heavy (non-hydrogen) atoms. The normalized spacial score (nSPS) is 23.9. The van der Waals surface area contributed by atoms with Crippen molar-refractivity contribution in [3.63, 3.8) is 0 Å². The van der Waals surface area contributed by atoms with Gasteiger partial charge in [0.25, 0.3) is 0 Å². The molecule has 2 aromatic rings. The lowest BCUT2D eigenvalue weighted by atomic mass is 9.93. The number of hydrogen-bond donors (Lipinski definition) is 0. The van der Waals surface area contributed by atoms with Gasteiger partial charge in [0.05, 0.1) is 12.0 Å². The lowest BCUT2D eigenvalue weighted by Crippen LogP contribution is -2.21. The first-order chi connectivity index (χ1) is 8.75. The number of rotatable bonds is 3. The Morgan fingerprint density at radius 3 is 3.06 bits per heavy atom. The van der Waals surface area contributed by atoms with Crippen molar-refractivity contribution >= 4 is 11.3 Å². The molecule has 1 aliphatic heterocycles. The molecule has 0 N–H and O–H groups in total. The fraction of sp³-hybridized carbons (Fsp3) is 0.538. The van der Waals surface area contributed by atoms with Crippen molar-refractivity contribution in [3.8, 4) is 11.4 Å². The highest BCUT2D eigenvalue weighted by Gasteiger charge is 2.35. The highest BCUT2D eigenvalue weighted by molar-refractivity contribution is 7.08. The predicted octanol–water partition coefficient (Wildman–Crippen LogP) is 3.33. The minimum Gasteiger partial charge on any atom is -0.377 e. The molecule has 1 aliphatic rings. The van der Waals surface area contributed by atoms with E-state index in [4.69, 9.17) is 9.26 Å². The molecule has 0 spiro atoms. The van der Waals surface area contributed by atoms with Crippen LogP contribution < -0.4 is 0 Å². The molecule has 96 valence electrons. The van der Waals surface area contributed by atoms with E-state index >= 15 is 0 Å². The molecular weight excluding hydrogens is 248 g/mol. The highest BCUT2D eigenvalue weighted by atomic mass is 32.1. The fourth-order valence-electron chi connectivity index (χ4n) is 2.43. The molecule has 3 rings (SSSR count). The third-order valence-corrected chi connectivity index (χ3v) is 4.01. The Hall–Kier alpha value is -1.20. The van der Waals surface area contributed by atoms with Crippen LogP contribution >= 0.6 is 11.3 Å². The Balaban J connectivity index is 1.85. The second-order valence-corrected chi connectivity index (χ2v) is 5.72. The lowest BCUT2D eigenvalue weighted by molar-refractivity contribution is 0.0627. The number of nitrogens with zero attached hydrogens (tertiary/aromatic N) is 2. The maximum absolute atomic E-state index is 5.76. The quantitative estimate of drug-likeness (QED) is 0.853. The van der Waals surface area contributed by atoms with Gasteiger partial charge in [0, 0.05) is 17.6 Å². The molecule has 4 nitrogen and oxygen atoms in total. The average Bonchev–Trinajstić information content (AvgIpc) is 3.10. The molecule has 0 unspecified atom stereocenters. The summed E-state index contributed by atoms with van der Waals surface area (Å²) in [7, 11) is 0. The van der Waals surface area contributed by atoms with E-state index in [1.807, 2.05) is 16.8 Å². The van der Waals surface area contributed by atoms with Gasteiger partial charge in [-0.05, 0) is 23.8 Å². The molecule has 0 aromatic carbocycles. The maximum Gasteiger partial charge on any atom is 0.232 e. The number of ether oxygens (including phenoxy) is 1. The van der Waals surface area contributed by atoms with Gasteiger partial charge < -0.3 is 9.26 Å². The third-order valence-electron chi connectivity index (χ3n) is 3.33. The smallest absolute Gasteiger partial charge is 0.232 e. The topological polar surface area (TPSA) is 48.2 Å². The molecule has 5 heteroatoms. The van der Waals surface area contributed by atoms with Crippen LogP contribution in [-0.2, 0) is 4.74 Å². The zero-order valence-corrected chi connectivity index (χ0v) is 11.3. The van der Waals surface area contributed by atoms with E-state index in [0.29, 0.717) is 17.6 Å². The van der Waals surface area contributed by atoms with Crippen LogP contribution in [0.1, 0.15) is 32.1 Å². The molecule has 1 saturated heterocycles. The summed E-state index contributed by atoms with van der Waals surface area (Å²) in [6.45, 7) is 5.11. The van der Waals surface area contributed by atoms with E-state index < -0.39 is 0 Å². The maximum atomic E-state index is 5.76. The van der Waals surface area contributed by atoms with Crippen LogP contribution in [0.2, 0.25) is 0 Å². The molecule has 3 heterocycles. The van der Waals surface area contributed by atoms with Crippen LogP contribution in [0.15, 0.2) is 21.3 Å². The number of thiophene rings is 1. The van der Waals surface area contributed by atoms with Gasteiger partial charge in [-0.2, -0.15) is 16.3 Å². The Morgan fingerprint density at radius 2 is 2.33 bits per heavy atom. The molecule has 2 atom stereocenters. The summed E-state index contributed by atoms with van der Waals surface area (Å²) in [4.78, 5) is 4.52. The molecular formula is C13H16N2O2S. The van der Waals surface area contributed by atoms with Gasteiger partial charge in [-0.25, -0.2) is 0 Å². The van der Waals surface area contributed by atoms with Crippen molar-refractivity contribution in [2.24, 2.45) is 5.92 Å². The van der Waals surface area contributed by atoms with Crippen LogP contribution in [0.25, 0.3) is 11.4 Å². The minimum atomic E-state index is 0.195. The third kappa shape index (κ3) is 2.08. The Morgan fingerprint density at radius 1 is 1.44 bits per heavy atom. The van der Waals surface area contributed by atoms with Crippen LogP contribution in [0.4, 0.5) is 0 Å². The van der Waals surface area contributed by atoms with E-state index in [9.17, 15) is 0 Å².